The van der Waals surface area contributed by atoms with Crippen LogP contribution in [0.2, 0.25) is 0 Å². The standard InChI is InChI=1S/C21H25N3O3/c25-20(10-9-17-5-2-1-3-6-17)22-18-7-4-8-19(15-18)23-21(26)16-24-11-13-27-14-12-24/h1-8,15H,9-14,16H2,(H,22,25)(H,23,26). The summed E-state index contributed by atoms with van der Waals surface area (Å²) in [6, 6.07) is 17.1. The van der Waals surface area contributed by atoms with E-state index in [9.17, 15) is 9.59 Å². The number of hydrogen-bond donors (Lipinski definition) is 2. The number of benzene rings is 2. The first kappa shape index (κ1) is 19.1. The maximum atomic E-state index is 12.2. The highest BCUT2D eigenvalue weighted by atomic mass is 16.5. The van der Waals surface area contributed by atoms with Gasteiger partial charge in [-0.1, -0.05) is 36.4 Å². The summed E-state index contributed by atoms with van der Waals surface area (Å²) >= 11 is 0. The Hall–Kier alpha value is -2.70. The molecule has 0 aromatic heterocycles. The summed E-state index contributed by atoms with van der Waals surface area (Å²) in [5, 5.41) is 5.78. The maximum absolute atomic E-state index is 12.2. The molecule has 2 amide bonds. The molecular formula is C21H25N3O3. The van der Waals surface area contributed by atoms with Gasteiger partial charge >= 0.3 is 0 Å². The van der Waals surface area contributed by atoms with Crippen LogP contribution >= 0.6 is 0 Å². The van der Waals surface area contributed by atoms with Gasteiger partial charge in [0.2, 0.25) is 11.8 Å². The molecule has 0 atom stereocenters. The van der Waals surface area contributed by atoms with Crippen molar-refractivity contribution in [3.05, 3.63) is 60.2 Å². The van der Waals surface area contributed by atoms with Crippen LogP contribution in [0.5, 0.6) is 0 Å². The van der Waals surface area contributed by atoms with E-state index < -0.39 is 0 Å². The molecule has 0 radical (unpaired) electrons. The van der Waals surface area contributed by atoms with Gasteiger partial charge in [-0.25, -0.2) is 0 Å². The maximum Gasteiger partial charge on any atom is 0.238 e. The van der Waals surface area contributed by atoms with Gasteiger partial charge < -0.3 is 15.4 Å². The molecule has 6 heteroatoms. The number of carbonyl (C=O) groups excluding carboxylic acids is 2. The fourth-order valence-electron chi connectivity index (χ4n) is 2.96. The van der Waals surface area contributed by atoms with Gasteiger partial charge in [0.15, 0.2) is 0 Å². The van der Waals surface area contributed by atoms with Crippen molar-refractivity contribution in [2.24, 2.45) is 0 Å². The monoisotopic (exact) mass is 367 g/mol. The van der Waals surface area contributed by atoms with E-state index in [4.69, 9.17) is 4.74 Å². The van der Waals surface area contributed by atoms with Gasteiger partial charge in [-0.15, -0.1) is 0 Å². The minimum Gasteiger partial charge on any atom is -0.379 e. The summed E-state index contributed by atoms with van der Waals surface area (Å²) in [5.41, 5.74) is 2.49. The molecule has 0 spiro atoms. The molecule has 27 heavy (non-hydrogen) atoms. The number of aryl methyl sites for hydroxylation is 1. The molecule has 2 N–H and O–H groups in total. The first-order valence-electron chi connectivity index (χ1n) is 9.23. The van der Waals surface area contributed by atoms with E-state index in [2.05, 4.69) is 15.5 Å². The second kappa shape index (κ2) is 9.85. The van der Waals surface area contributed by atoms with Crippen molar-refractivity contribution in [1.82, 2.24) is 4.90 Å². The highest BCUT2D eigenvalue weighted by molar-refractivity contribution is 5.94. The summed E-state index contributed by atoms with van der Waals surface area (Å²) in [5.74, 6) is -0.111. The molecular weight excluding hydrogens is 342 g/mol. The van der Waals surface area contributed by atoms with Crippen LogP contribution in [0, 0.1) is 0 Å². The number of rotatable bonds is 7. The predicted molar refractivity (Wildman–Crippen MR) is 106 cm³/mol. The van der Waals surface area contributed by atoms with Crippen LogP contribution < -0.4 is 10.6 Å². The zero-order chi connectivity index (χ0) is 18.9. The molecule has 0 bridgehead atoms. The Labute approximate surface area is 159 Å². The van der Waals surface area contributed by atoms with Crippen molar-refractivity contribution >= 4 is 23.2 Å². The Bertz CT molecular complexity index is 758. The highest BCUT2D eigenvalue weighted by Crippen LogP contribution is 2.16. The summed E-state index contributed by atoms with van der Waals surface area (Å²) in [4.78, 5) is 26.4. The fourth-order valence-corrected chi connectivity index (χ4v) is 2.96. The molecule has 1 heterocycles. The first-order valence-corrected chi connectivity index (χ1v) is 9.23. The molecule has 0 unspecified atom stereocenters. The quantitative estimate of drug-likeness (QED) is 0.789. The second-order valence-electron chi connectivity index (χ2n) is 6.55. The summed E-state index contributed by atoms with van der Waals surface area (Å²) in [6.07, 6.45) is 1.11. The number of carbonyl (C=O) groups is 2. The van der Waals surface area contributed by atoms with E-state index >= 15 is 0 Å². The Morgan fingerprint density at radius 2 is 1.56 bits per heavy atom. The Kier molecular flexibility index (Phi) is 6.96. The third-order valence-electron chi connectivity index (χ3n) is 4.38. The molecule has 1 aliphatic rings. The molecule has 1 saturated heterocycles. The van der Waals surface area contributed by atoms with Crippen LogP contribution in [0.15, 0.2) is 54.6 Å². The SMILES string of the molecule is O=C(CCc1ccccc1)Nc1cccc(NC(=O)CN2CCOCC2)c1. The Balaban J connectivity index is 1.47. The van der Waals surface area contributed by atoms with E-state index in [0.717, 1.165) is 18.7 Å². The minimum absolute atomic E-state index is 0.0457. The second-order valence-corrected chi connectivity index (χ2v) is 6.55. The largest absolute Gasteiger partial charge is 0.379 e. The summed E-state index contributed by atoms with van der Waals surface area (Å²) in [7, 11) is 0. The minimum atomic E-state index is -0.0653. The molecule has 1 aliphatic heterocycles. The van der Waals surface area contributed by atoms with Crippen LogP contribution in [0.1, 0.15) is 12.0 Å². The molecule has 2 aromatic rings. The van der Waals surface area contributed by atoms with Gasteiger partial charge in [0.1, 0.15) is 0 Å². The number of hydrogen-bond acceptors (Lipinski definition) is 4. The van der Waals surface area contributed by atoms with E-state index in [1.165, 1.54) is 0 Å². The van der Waals surface area contributed by atoms with Crippen molar-refractivity contribution in [2.45, 2.75) is 12.8 Å². The van der Waals surface area contributed by atoms with Crippen LogP contribution in [0.25, 0.3) is 0 Å². The van der Waals surface area contributed by atoms with E-state index in [1.54, 1.807) is 6.07 Å². The van der Waals surface area contributed by atoms with Gasteiger partial charge in [-0.05, 0) is 30.2 Å². The van der Waals surface area contributed by atoms with E-state index in [0.29, 0.717) is 44.0 Å². The number of nitrogens with zero attached hydrogens (tertiary/aromatic N) is 1. The van der Waals surface area contributed by atoms with Crippen LogP contribution in [-0.2, 0) is 20.7 Å². The summed E-state index contributed by atoms with van der Waals surface area (Å²) in [6.45, 7) is 3.21. The van der Waals surface area contributed by atoms with Gasteiger partial charge in [0.05, 0.1) is 19.8 Å². The summed E-state index contributed by atoms with van der Waals surface area (Å²) < 4.78 is 5.29. The fraction of sp³-hybridized carbons (Fsp3) is 0.333. The lowest BCUT2D eigenvalue weighted by Gasteiger charge is -2.25. The van der Waals surface area contributed by atoms with Crippen molar-refractivity contribution in [3.8, 4) is 0 Å². The highest BCUT2D eigenvalue weighted by Gasteiger charge is 2.14. The Morgan fingerprint density at radius 3 is 2.26 bits per heavy atom. The third-order valence-corrected chi connectivity index (χ3v) is 4.38. The number of amides is 2. The van der Waals surface area contributed by atoms with Crippen LogP contribution in [-0.4, -0.2) is 49.6 Å². The molecule has 6 nitrogen and oxygen atoms in total. The average molecular weight is 367 g/mol. The lowest BCUT2D eigenvalue weighted by atomic mass is 10.1. The average Bonchev–Trinajstić information content (AvgIpc) is 2.68. The molecule has 1 fully saturated rings. The van der Waals surface area contributed by atoms with Crippen molar-refractivity contribution in [3.63, 3.8) is 0 Å². The topological polar surface area (TPSA) is 70.7 Å². The van der Waals surface area contributed by atoms with Gasteiger partial charge in [0, 0.05) is 30.9 Å². The van der Waals surface area contributed by atoms with Gasteiger partial charge in [-0.3, -0.25) is 14.5 Å². The zero-order valence-electron chi connectivity index (χ0n) is 15.3. The van der Waals surface area contributed by atoms with Crippen molar-refractivity contribution in [2.75, 3.05) is 43.5 Å². The normalized spacial score (nSPS) is 14.5. The first-order chi connectivity index (χ1) is 13.2. The smallest absolute Gasteiger partial charge is 0.238 e. The van der Waals surface area contributed by atoms with E-state index in [-0.39, 0.29) is 11.8 Å². The number of ether oxygens (including phenoxy) is 1. The number of morpholine rings is 1. The van der Waals surface area contributed by atoms with Crippen LogP contribution in [0.3, 0.4) is 0 Å². The number of anilines is 2. The van der Waals surface area contributed by atoms with E-state index in [1.807, 2.05) is 48.5 Å². The lowest BCUT2D eigenvalue weighted by Crippen LogP contribution is -2.41. The molecule has 0 saturated carbocycles. The zero-order valence-corrected chi connectivity index (χ0v) is 15.3. The predicted octanol–water partition coefficient (Wildman–Crippen LogP) is 2.53. The molecule has 142 valence electrons. The number of nitrogens with one attached hydrogen (secondary N) is 2. The Morgan fingerprint density at radius 1 is 0.889 bits per heavy atom. The van der Waals surface area contributed by atoms with Crippen LogP contribution in [0.4, 0.5) is 11.4 Å². The molecule has 3 rings (SSSR count). The lowest BCUT2D eigenvalue weighted by molar-refractivity contribution is -0.118. The van der Waals surface area contributed by atoms with Crippen molar-refractivity contribution in [1.29, 1.82) is 0 Å². The molecule has 0 aliphatic carbocycles. The van der Waals surface area contributed by atoms with Gasteiger partial charge in [-0.2, -0.15) is 0 Å². The van der Waals surface area contributed by atoms with Crippen molar-refractivity contribution < 1.29 is 14.3 Å². The van der Waals surface area contributed by atoms with Gasteiger partial charge in [0.25, 0.3) is 0 Å². The molecule has 2 aromatic carbocycles. The third kappa shape index (κ3) is 6.51.